The van der Waals surface area contributed by atoms with E-state index in [9.17, 15) is 9.59 Å². The molecule has 0 aliphatic carbocycles. The second-order valence-corrected chi connectivity index (χ2v) is 9.26. The summed E-state index contributed by atoms with van der Waals surface area (Å²) >= 11 is 3.56. The van der Waals surface area contributed by atoms with Crippen molar-refractivity contribution in [1.82, 2.24) is 25.0 Å². The molecule has 4 aromatic rings. The van der Waals surface area contributed by atoms with Gasteiger partial charge in [0.2, 0.25) is 0 Å². The van der Waals surface area contributed by atoms with E-state index in [1.165, 1.54) is 0 Å². The number of benzene rings is 2. The van der Waals surface area contributed by atoms with E-state index in [0.717, 1.165) is 26.4 Å². The predicted molar refractivity (Wildman–Crippen MR) is 134 cm³/mol. The number of fused-ring (bicyclic) bond motifs is 1. The number of rotatable bonds is 4. The third kappa shape index (κ3) is 4.14. The number of carbonyl (C=O) groups is 2. The van der Waals surface area contributed by atoms with Gasteiger partial charge in [-0.2, -0.15) is 5.10 Å². The van der Waals surface area contributed by atoms with Crippen molar-refractivity contribution >= 4 is 44.3 Å². The molecule has 34 heavy (non-hydrogen) atoms. The molecule has 9 heteroatoms. The lowest BCUT2D eigenvalue weighted by Crippen LogP contribution is -2.38. The topological polar surface area (TPSA) is 106 Å². The largest absolute Gasteiger partial charge is 0.383 e. The number of hydrogen-bond acceptors (Lipinski definition) is 5. The lowest BCUT2D eigenvalue weighted by molar-refractivity contribution is 0.0785. The number of likely N-dealkylation sites (tertiary alicyclic amines) is 1. The molecule has 0 saturated carbocycles. The van der Waals surface area contributed by atoms with Gasteiger partial charge in [-0.25, -0.2) is 4.98 Å². The van der Waals surface area contributed by atoms with Crippen LogP contribution in [0.5, 0.6) is 0 Å². The summed E-state index contributed by atoms with van der Waals surface area (Å²) in [6.07, 6.45) is 5.85. The van der Waals surface area contributed by atoms with E-state index in [4.69, 9.17) is 5.73 Å². The summed E-state index contributed by atoms with van der Waals surface area (Å²) < 4.78 is 2.63. The Morgan fingerprint density at radius 1 is 1.09 bits per heavy atom. The first-order chi connectivity index (χ1) is 16.4. The summed E-state index contributed by atoms with van der Waals surface area (Å²) in [6, 6.07) is 13.1. The first kappa shape index (κ1) is 22.1. The molecule has 1 fully saturated rings. The number of halogens is 1. The Kier molecular flexibility index (Phi) is 5.79. The fourth-order valence-electron chi connectivity index (χ4n) is 4.34. The highest BCUT2D eigenvalue weighted by molar-refractivity contribution is 9.10. The van der Waals surface area contributed by atoms with Crippen molar-refractivity contribution in [2.75, 3.05) is 18.8 Å². The lowest BCUT2D eigenvalue weighted by atomic mass is 10.0. The summed E-state index contributed by atoms with van der Waals surface area (Å²) in [5.41, 5.74) is 8.58. The van der Waals surface area contributed by atoms with Gasteiger partial charge in [-0.05, 0) is 35.4 Å². The summed E-state index contributed by atoms with van der Waals surface area (Å²) in [6.45, 7) is 1.00. The first-order valence-corrected chi connectivity index (χ1v) is 11.7. The normalized spacial score (nSPS) is 15.6. The number of pyridine rings is 1. The van der Waals surface area contributed by atoms with Crippen LogP contribution in [0.15, 0.2) is 65.5 Å². The van der Waals surface area contributed by atoms with E-state index in [1.54, 1.807) is 28.0 Å². The number of aromatic nitrogens is 3. The van der Waals surface area contributed by atoms with Crippen LogP contribution in [0.3, 0.4) is 0 Å². The average Bonchev–Trinajstić information content (AvgIpc) is 3.48. The van der Waals surface area contributed by atoms with Crippen LogP contribution >= 0.6 is 15.9 Å². The molecule has 0 spiro atoms. The van der Waals surface area contributed by atoms with E-state index in [0.29, 0.717) is 30.6 Å². The van der Waals surface area contributed by atoms with Gasteiger partial charge < -0.3 is 16.0 Å². The van der Waals surface area contributed by atoms with Gasteiger partial charge in [0.15, 0.2) is 0 Å². The minimum Gasteiger partial charge on any atom is -0.383 e. The number of hydrogen-bond donors (Lipinski definition) is 2. The van der Waals surface area contributed by atoms with Crippen molar-refractivity contribution in [3.05, 3.63) is 76.7 Å². The van der Waals surface area contributed by atoms with Gasteiger partial charge in [0, 0.05) is 59.7 Å². The zero-order valence-corrected chi connectivity index (χ0v) is 20.1. The van der Waals surface area contributed by atoms with Crippen molar-refractivity contribution in [2.45, 2.75) is 12.5 Å². The van der Waals surface area contributed by atoms with Crippen molar-refractivity contribution < 1.29 is 9.59 Å². The molecule has 2 aromatic heterocycles. The van der Waals surface area contributed by atoms with Gasteiger partial charge in [0.25, 0.3) is 11.8 Å². The van der Waals surface area contributed by atoms with Gasteiger partial charge in [0.05, 0.1) is 11.8 Å². The van der Waals surface area contributed by atoms with Crippen LogP contribution < -0.4 is 11.1 Å². The number of aryl methyl sites for hydroxylation is 1. The van der Waals surface area contributed by atoms with Crippen molar-refractivity contribution in [3.63, 3.8) is 0 Å². The molecule has 5 rings (SSSR count). The van der Waals surface area contributed by atoms with Gasteiger partial charge in [0.1, 0.15) is 5.82 Å². The van der Waals surface area contributed by atoms with Gasteiger partial charge in [-0.1, -0.05) is 40.2 Å². The quantitative estimate of drug-likeness (QED) is 0.429. The summed E-state index contributed by atoms with van der Waals surface area (Å²) in [7, 11) is 1.83. The number of nitrogens with two attached hydrogens (primary N) is 1. The van der Waals surface area contributed by atoms with Gasteiger partial charge in [-0.15, -0.1) is 0 Å². The van der Waals surface area contributed by atoms with E-state index in [2.05, 4.69) is 31.3 Å². The summed E-state index contributed by atoms with van der Waals surface area (Å²) in [5, 5.41) is 9.08. The zero-order chi connectivity index (χ0) is 23.8. The number of amides is 2. The van der Waals surface area contributed by atoms with E-state index in [1.807, 2.05) is 49.6 Å². The standard InChI is InChI=1S/C25H23BrN6O2/c1-31-13-16(12-29-31)15-10-21(23(27)28-11-15)24(33)30-17-8-9-32(14-17)25(34)20-6-2-5-19-18(20)4-3-7-22(19)26/h2-7,10-13,17H,8-9,14H2,1H3,(H2,27,28)(H,30,33)/t17-/m1/s1. The van der Waals surface area contributed by atoms with Crippen LogP contribution in [0.25, 0.3) is 21.9 Å². The number of nitrogens with one attached hydrogen (secondary N) is 1. The van der Waals surface area contributed by atoms with Crippen molar-refractivity contribution in [1.29, 1.82) is 0 Å². The summed E-state index contributed by atoms with van der Waals surface area (Å²) in [5.74, 6) is -0.179. The predicted octanol–water partition coefficient (Wildman–Crippen LogP) is 3.62. The molecule has 2 amide bonds. The maximum Gasteiger partial charge on any atom is 0.255 e. The Bertz CT molecular complexity index is 1420. The summed E-state index contributed by atoms with van der Waals surface area (Å²) in [4.78, 5) is 32.3. The molecule has 0 unspecified atom stereocenters. The SMILES string of the molecule is Cn1cc(-c2cnc(N)c(C(=O)N[C@@H]3CCN(C(=O)c4cccc5c(Br)cccc45)C3)c2)cn1. The first-order valence-electron chi connectivity index (χ1n) is 10.9. The minimum absolute atomic E-state index is 0.0415. The average molecular weight is 519 g/mol. The Morgan fingerprint density at radius 2 is 1.88 bits per heavy atom. The molecule has 8 nitrogen and oxygen atoms in total. The number of carbonyl (C=O) groups excluding carboxylic acids is 2. The Morgan fingerprint density at radius 3 is 2.68 bits per heavy atom. The second kappa shape index (κ2) is 8.90. The highest BCUT2D eigenvalue weighted by Gasteiger charge is 2.29. The van der Waals surface area contributed by atoms with Gasteiger partial charge >= 0.3 is 0 Å². The molecule has 1 saturated heterocycles. The monoisotopic (exact) mass is 518 g/mol. The number of nitrogen functional groups attached to an aromatic ring is 1. The lowest BCUT2D eigenvalue weighted by Gasteiger charge is -2.19. The molecule has 1 atom stereocenters. The molecular weight excluding hydrogens is 496 g/mol. The maximum absolute atomic E-state index is 13.3. The van der Waals surface area contributed by atoms with Crippen molar-refractivity contribution in [2.24, 2.45) is 7.05 Å². The molecule has 3 heterocycles. The van der Waals surface area contributed by atoms with Crippen LogP contribution in [0.4, 0.5) is 5.82 Å². The smallest absolute Gasteiger partial charge is 0.255 e. The van der Waals surface area contributed by atoms with Crippen LogP contribution in [-0.4, -0.2) is 50.6 Å². The Labute approximate surface area is 204 Å². The van der Waals surface area contributed by atoms with Crippen LogP contribution in [0.1, 0.15) is 27.1 Å². The Balaban J connectivity index is 1.30. The zero-order valence-electron chi connectivity index (χ0n) is 18.5. The van der Waals surface area contributed by atoms with Crippen LogP contribution in [-0.2, 0) is 7.05 Å². The molecule has 0 bridgehead atoms. The van der Waals surface area contributed by atoms with Gasteiger partial charge in [-0.3, -0.25) is 14.3 Å². The molecule has 2 aromatic carbocycles. The fraction of sp³-hybridized carbons (Fsp3) is 0.200. The highest BCUT2D eigenvalue weighted by Crippen LogP contribution is 2.28. The third-order valence-electron chi connectivity index (χ3n) is 6.11. The van der Waals surface area contributed by atoms with Crippen LogP contribution in [0.2, 0.25) is 0 Å². The molecule has 1 aliphatic heterocycles. The van der Waals surface area contributed by atoms with E-state index in [-0.39, 0.29) is 23.7 Å². The maximum atomic E-state index is 13.3. The minimum atomic E-state index is -0.302. The highest BCUT2D eigenvalue weighted by atomic mass is 79.9. The molecule has 172 valence electrons. The number of nitrogens with zero attached hydrogens (tertiary/aromatic N) is 4. The fourth-order valence-corrected chi connectivity index (χ4v) is 4.84. The molecule has 3 N–H and O–H groups in total. The van der Waals surface area contributed by atoms with Crippen LogP contribution in [0, 0.1) is 0 Å². The molecule has 1 aliphatic rings. The van der Waals surface area contributed by atoms with Crippen molar-refractivity contribution in [3.8, 4) is 11.1 Å². The Hall–Kier alpha value is -3.72. The number of anilines is 1. The molecular formula is C25H23BrN6O2. The van der Waals surface area contributed by atoms with E-state index >= 15 is 0 Å². The van der Waals surface area contributed by atoms with E-state index < -0.39 is 0 Å². The molecule has 0 radical (unpaired) electrons. The third-order valence-corrected chi connectivity index (χ3v) is 6.80. The second-order valence-electron chi connectivity index (χ2n) is 8.41.